The lowest BCUT2D eigenvalue weighted by Crippen LogP contribution is -2.47. The molecule has 0 spiro atoms. The number of nitrogens with two attached hydrogens (primary N) is 1. The summed E-state index contributed by atoms with van der Waals surface area (Å²) in [6.07, 6.45) is 2.31. The topological polar surface area (TPSA) is 88.3 Å². The number of nitrogens with zero attached hydrogens (tertiary/aromatic N) is 2. The second kappa shape index (κ2) is 9.10. The van der Waals surface area contributed by atoms with Gasteiger partial charge in [0.05, 0.1) is 5.92 Å². The SMILES string of the molecule is CCC(C(=O)N1CCC(NC(=O)c2csc(CN)n2)CC1)c1ccccc1. The van der Waals surface area contributed by atoms with Gasteiger partial charge in [-0.3, -0.25) is 9.59 Å². The molecule has 0 aliphatic carbocycles. The number of hydrogen-bond acceptors (Lipinski definition) is 5. The Hall–Kier alpha value is -2.25. The molecule has 144 valence electrons. The van der Waals surface area contributed by atoms with Crippen molar-refractivity contribution in [1.29, 1.82) is 0 Å². The molecule has 0 radical (unpaired) electrons. The number of hydrogen-bond donors (Lipinski definition) is 2. The van der Waals surface area contributed by atoms with Crippen LogP contribution in [0.4, 0.5) is 0 Å². The molecule has 2 heterocycles. The largest absolute Gasteiger partial charge is 0.348 e. The fraction of sp³-hybridized carbons (Fsp3) is 0.450. The minimum Gasteiger partial charge on any atom is -0.348 e. The summed E-state index contributed by atoms with van der Waals surface area (Å²) in [6, 6.07) is 10.0. The van der Waals surface area contributed by atoms with Gasteiger partial charge in [0, 0.05) is 31.1 Å². The van der Waals surface area contributed by atoms with Crippen LogP contribution in [-0.2, 0) is 11.3 Å². The summed E-state index contributed by atoms with van der Waals surface area (Å²) in [7, 11) is 0. The summed E-state index contributed by atoms with van der Waals surface area (Å²) in [5.41, 5.74) is 7.04. The van der Waals surface area contributed by atoms with Crippen LogP contribution in [0.1, 0.15) is 53.2 Å². The van der Waals surface area contributed by atoms with Gasteiger partial charge in [-0.2, -0.15) is 0 Å². The highest BCUT2D eigenvalue weighted by Crippen LogP contribution is 2.24. The molecular formula is C20H26N4O2S. The van der Waals surface area contributed by atoms with Crippen molar-refractivity contribution in [2.75, 3.05) is 13.1 Å². The van der Waals surface area contributed by atoms with Gasteiger partial charge in [-0.1, -0.05) is 37.3 Å². The Kier molecular flexibility index (Phi) is 6.58. The van der Waals surface area contributed by atoms with Crippen molar-refractivity contribution in [2.45, 2.75) is 44.7 Å². The molecular weight excluding hydrogens is 360 g/mol. The minimum atomic E-state index is -0.161. The maximum Gasteiger partial charge on any atom is 0.270 e. The average Bonchev–Trinajstić information content (AvgIpc) is 3.19. The third-order valence-corrected chi connectivity index (χ3v) is 5.88. The third kappa shape index (κ3) is 4.73. The van der Waals surface area contributed by atoms with Crippen LogP contribution in [0.15, 0.2) is 35.7 Å². The van der Waals surface area contributed by atoms with E-state index in [-0.39, 0.29) is 23.8 Å². The van der Waals surface area contributed by atoms with Crippen LogP contribution in [0.25, 0.3) is 0 Å². The molecule has 0 bridgehead atoms. The minimum absolute atomic E-state index is 0.0707. The first kappa shape index (κ1) is 19.5. The molecule has 1 aliphatic rings. The summed E-state index contributed by atoms with van der Waals surface area (Å²) in [6.45, 7) is 3.72. The normalized spacial score (nSPS) is 16.1. The number of aromatic nitrogens is 1. The van der Waals surface area contributed by atoms with Crippen LogP contribution < -0.4 is 11.1 Å². The van der Waals surface area contributed by atoms with E-state index in [2.05, 4.69) is 10.3 Å². The van der Waals surface area contributed by atoms with Crippen molar-refractivity contribution in [2.24, 2.45) is 5.73 Å². The lowest BCUT2D eigenvalue weighted by atomic mass is 9.93. The Bertz CT molecular complexity index is 769. The molecule has 3 N–H and O–H groups in total. The summed E-state index contributed by atoms with van der Waals surface area (Å²) in [4.78, 5) is 31.4. The maximum atomic E-state index is 12.9. The Labute approximate surface area is 163 Å². The highest BCUT2D eigenvalue weighted by molar-refractivity contribution is 7.09. The molecule has 6 nitrogen and oxygen atoms in total. The van der Waals surface area contributed by atoms with Gasteiger partial charge >= 0.3 is 0 Å². The molecule has 27 heavy (non-hydrogen) atoms. The van der Waals surface area contributed by atoms with Crippen LogP contribution in [0.3, 0.4) is 0 Å². The summed E-state index contributed by atoms with van der Waals surface area (Å²) in [5.74, 6) is -0.0750. The van der Waals surface area contributed by atoms with Gasteiger partial charge in [-0.25, -0.2) is 4.98 Å². The van der Waals surface area contributed by atoms with Crippen LogP contribution in [0.5, 0.6) is 0 Å². The number of thiazole rings is 1. The Balaban J connectivity index is 1.53. The lowest BCUT2D eigenvalue weighted by molar-refractivity contribution is -0.134. The van der Waals surface area contributed by atoms with Gasteiger partial charge in [0.15, 0.2) is 0 Å². The number of benzene rings is 1. The Morgan fingerprint density at radius 1 is 1.30 bits per heavy atom. The van der Waals surface area contributed by atoms with Crippen molar-refractivity contribution in [3.63, 3.8) is 0 Å². The number of rotatable bonds is 6. The van der Waals surface area contributed by atoms with Crippen molar-refractivity contribution in [3.8, 4) is 0 Å². The molecule has 3 rings (SSSR count). The van der Waals surface area contributed by atoms with Gasteiger partial charge < -0.3 is 16.0 Å². The Morgan fingerprint density at radius 3 is 2.59 bits per heavy atom. The number of carbonyl (C=O) groups is 2. The number of piperidine rings is 1. The summed E-state index contributed by atoms with van der Waals surface area (Å²) >= 11 is 1.40. The third-order valence-electron chi connectivity index (χ3n) is 5.01. The smallest absolute Gasteiger partial charge is 0.270 e. The van der Waals surface area contributed by atoms with Crippen molar-refractivity contribution in [3.05, 3.63) is 52.0 Å². The molecule has 1 fully saturated rings. The first-order valence-electron chi connectivity index (χ1n) is 9.41. The standard InChI is InChI=1S/C20H26N4O2S/c1-2-16(14-6-4-3-5-7-14)20(26)24-10-8-15(9-11-24)22-19(25)17-13-27-18(12-21)23-17/h3-7,13,15-16H,2,8-12,21H2,1H3,(H,22,25). The van der Waals surface area contributed by atoms with Gasteiger partial charge in [-0.05, 0) is 24.8 Å². The van der Waals surface area contributed by atoms with Crippen molar-refractivity contribution in [1.82, 2.24) is 15.2 Å². The number of likely N-dealkylation sites (tertiary alicyclic amines) is 1. The second-order valence-electron chi connectivity index (χ2n) is 6.78. The van der Waals surface area contributed by atoms with Gasteiger partial charge in [0.2, 0.25) is 5.91 Å². The summed E-state index contributed by atoms with van der Waals surface area (Å²) in [5, 5.41) is 5.53. The summed E-state index contributed by atoms with van der Waals surface area (Å²) < 4.78 is 0. The first-order valence-corrected chi connectivity index (χ1v) is 10.3. The van der Waals surface area contributed by atoms with E-state index >= 15 is 0 Å². The molecule has 1 saturated heterocycles. The maximum absolute atomic E-state index is 12.9. The highest BCUT2D eigenvalue weighted by Gasteiger charge is 2.29. The van der Waals surface area contributed by atoms with Crippen LogP contribution in [0.2, 0.25) is 0 Å². The molecule has 2 aromatic rings. The van der Waals surface area contributed by atoms with E-state index in [1.807, 2.05) is 42.2 Å². The zero-order valence-electron chi connectivity index (χ0n) is 15.6. The van der Waals surface area contributed by atoms with E-state index in [0.717, 1.165) is 29.8 Å². The molecule has 1 aromatic carbocycles. The quantitative estimate of drug-likeness (QED) is 0.798. The average molecular weight is 387 g/mol. The number of amides is 2. The highest BCUT2D eigenvalue weighted by atomic mass is 32.1. The van der Waals surface area contributed by atoms with E-state index in [9.17, 15) is 9.59 Å². The predicted molar refractivity (Wildman–Crippen MR) is 107 cm³/mol. The molecule has 7 heteroatoms. The molecule has 1 unspecified atom stereocenters. The van der Waals surface area contributed by atoms with Gasteiger partial charge in [0.25, 0.3) is 5.91 Å². The fourth-order valence-corrected chi connectivity index (χ4v) is 4.13. The van der Waals surface area contributed by atoms with E-state index in [1.54, 1.807) is 5.38 Å². The number of nitrogens with one attached hydrogen (secondary N) is 1. The van der Waals surface area contributed by atoms with E-state index < -0.39 is 0 Å². The molecule has 1 aliphatic heterocycles. The predicted octanol–water partition coefficient (Wildman–Crippen LogP) is 2.52. The Morgan fingerprint density at radius 2 is 2.00 bits per heavy atom. The zero-order chi connectivity index (χ0) is 19.2. The first-order chi connectivity index (χ1) is 13.1. The molecule has 1 atom stereocenters. The van der Waals surface area contributed by atoms with Crippen LogP contribution >= 0.6 is 11.3 Å². The number of carbonyl (C=O) groups excluding carboxylic acids is 2. The molecule has 1 aromatic heterocycles. The molecule has 2 amide bonds. The monoisotopic (exact) mass is 386 g/mol. The molecule has 0 saturated carbocycles. The van der Waals surface area contributed by atoms with E-state index in [0.29, 0.717) is 25.3 Å². The lowest BCUT2D eigenvalue weighted by Gasteiger charge is -2.34. The van der Waals surface area contributed by atoms with E-state index in [4.69, 9.17) is 5.73 Å². The zero-order valence-corrected chi connectivity index (χ0v) is 16.4. The fourth-order valence-electron chi connectivity index (χ4n) is 3.47. The van der Waals surface area contributed by atoms with Crippen LogP contribution in [-0.4, -0.2) is 40.8 Å². The second-order valence-corrected chi connectivity index (χ2v) is 7.72. The van der Waals surface area contributed by atoms with E-state index in [1.165, 1.54) is 11.3 Å². The van der Waals surface area contributed by atoms with Crippen molar-refractivity contribution >= 4 is 23.2 Å². The van der Waals surface area contributed by atoms with Gasteiger partial charge in [0.1, 0.15) is 10.7 Å². The van der Waals surface area contributed by atoms with Crippen molar-refractivity contribution < 1.29 is 9.59 Å². The van der Waals surface area contributed by atoms with Crippen LogP contribution in [0, 0.1) is 0 Å². The van der Waals surface area contributed by atoms with Gasteiger partial charge in [-0.15, -0.1) is 11.3 Å².